The number of pyridine rings is 1. The van der Waals surface area contributed by atoms with Crippen molar-refractivity contribution in [1.82, 2.24) is 15.0 Å². The predicted molar refractivity (Wildman–Crippen MR) is 171 cm³/mol. The average Bonchev–Trinajstić information content (AvgIpc) is 3.77. The molecular formula is C34H26F3N5O6. The van der Waals surface area contributed by atoms with Crippen LogP contribution in [0.15, 0.2) is 60.8 Å². The molecule has 0 aliphatic carbocycles. The number of methoxy groups -OCH3 is 2. The number of rotatable bonds is 5. The Balaban J connectivity index is 1.19. The van der Waals surface area contributed by atoms with Gasteiger partial charge in [-0.15, -0.1) is 0 Å². The number of hydrogen-bond donors (Lipinski definition) is 4. The summed E-state index contributed by atoms with van der Waals surface area (Å²) in [5, 5.41) is 15.7. The molecule has 1 unspecified atom stereocenters. The van der Waals surface area contributed by atoms with Gasteiger partial charge < -0.3 is 34.8 Å². The Labute approximate surface area is 269 Å². The van der Waals surface area contributed by atoms with Crippen molar-refractivity contribution in [2.45, 2.75) is 19.0 Å². The molecule has 4 heterocycles. The maximum atomic E-state index is 13.9. The molecule has 6 aromatic rings. The molecule has 14 heteroatoms. The number of nitrogens with one attached hydrogen (secondary N) is 3. The molecule has 1 atom stereocenters. The van der Waals surface area contributed by atoms with Crippen LogP contribution < -0.4 is 15.0 Å². The standard InChI is InChI=1S/C34H26F3N5O6/c1-15-14-42(24-12-25(43)29-27(26(15)24)28(33(46)48-3)30(41-29)34(35,36)37)32(45)23-11-17-8-19(5-7-21(17)40-23)39-31(44)22-10-16-4-6-20(47-2)9-18(16)13-38-22/h4-13,15,40-41,43H,14H2,1-3H3,(H,39,44). The summed E-state index contributed by atoms with van der Waals surface area (Å²) in [4.78, 5) is 50.3. The summed E-state index contributed by atoms with van der Waals surface area (Å²) in [6.07, 6.45) is -3.35. The van der Waals surface area contributed by atoms with Gasteiger partial charge in [0.1, 0.15) is 28.6 Å². The number of esters is 1. The summed E-state index contributed by atoms with van der Waals surface area (Å²) in [5.41, 5.74) is -0.495. The molecule has 0 saturated carbocycles. The second-order valence-electron chi connectivity index (χ2n) is 11.5. The zero-order chi connectivity index (χ0) is 34.1. The number of H-pyrrole nitrogens is 2. The number of anilines is 2. The van der Waals surface area contributed by atoms with E-state index in [9.17, 15) is 32.7 Å². The van der Waals surface area contributed by atoms with Crippen LogP contribution >= 0.6 is 0 Å². The molecular weight excluding hydrogens is 631 g/mol. The first kappa shape index (κ1) is 30.6. The van der Waals surface area contributed by atoms with E-state index in [1.54, 1.807) is 56.6 Å². The van der Waals surface area contributed by atoms with Gasteiger partial charge >= 0.3 is 12.1 Å². The molecule has 1 aliphatic rings. The minimum absolute atomic E-state index is 0.0715. The Hall–Kier alpha value is -6.05. The summed E-state index contributed by atoms with van der Waals surface area (Å²) >= 11 is 0. The SMILES string of the molecule is COC(=O)c1c(C(F)(F)F)[nH]c2c(O)cc3c(c12)C(C)CN3C(=O)c1cc2cc(NC(=O)c3cc4ccc(OC)cc4cn3)ccc2[nH]1. The van der Waals surface area contributed by atoms with Crippen molar-refractivity contribution in [1.29, 1.82) is 0 Å². The predicted octanol–water partition coefficient (Wildman–Crippen LogP) is 6.73. The topological polar surface area (TPSA) is 150 Å². The monoisotopic (exact) mass is 657 g/mol. The van der Waals surface area contributed by atoms with Gasteiger partial charge in [-0.3, -0.25) is 14.6 Å². The molecule has 11 nitrogen and oxygen atoms in total. The smallest absolute Gasteiger partial charge is 0.432 e. The molecule has 7 rings (SSSR count). The van der Waals surface area contributed by atoms with Crippen molar-refractivity contribution in [2.24, 2.45) is 0 Å². The van der Waals surface area contributed by atoms with E-state index < -0.39 is 46.9 Å². The number of nitrogens with zero attached hydrogens (tertiary/aromatic N) is 2. The molecule has 0 saturated heterocycles. The molecule has 3 aromatic heterocycles. The lowest BCUT2D eigenvalue weighted by molar-refractivity contribution is -0.141. The van der Waals surface area contributed by atoms with Crippen LogP contribution in [0.3, 0.4) is 0 Å². The molecule has 0 radical (unpaired) electrons. The number of phenols is 1. The van der Waals surface area contributed by atoms with Gasteiger partial charge in [0.2, 0.25) is 0 Å². The largest absolute Gasteiger partial charge is 0.506 e. The lowest BCUT2D eigenvalue weighted by atomic mass is 9.95. The Morgan fingerprint density at radius 1 is 1.00 bits per heavy atom. The van der Waals surface area contributed by atoms with Gasteiger partial charge in [0, 0.05) is 52.1 Å². The number of aromatic nitrogens is 3. The fraction of sp³-hybridized carbons (Fsp3) is 0.176. The Kier molecular flexibility index (Phi) is 7.04. The van der Waals surface area contributed by atoms with Gasteiger partial charge in [0.15, 0.2) is 0 Å². The van der Waals surface area contributed by atoms with Crippen LogP contribution in [-0.4, -0.2) is 58.6 Å². The molecule has 0 spiro atoms. The summed E-state index contributed by atoms with van der Waals surface area (Å²) in [5.74, 6) is -2.56. The molecule has 3 aromatic carbocycles. The Bertz CT molecular complexity index is 2330. The average molecular weight is 658 g/mol. The Morgan fingerprint density at radius 2 is 1.79 bits per heavy atom. The van der Waals surface area contributed by atoms with Gasteiger partial charge in [0.25, 0.3) is 11.8 Å². The summed E-state index contributed by atoms with van der Waals surface area (Å²) in [7, 11) is 2.53. The highest BCUT2D eigenvalue weighted by Gasteiger charge is 2.43. The normalized spacial score (nSPS) is 14.5. The molecule has 0 fully saturated rings. The molecule has 0 bridgehead atoms. The lowest BCUT2D eigenvalue weighted by Gasteiger charge is -2.17. The van der Waals surface area contributed by atoms with Gasteiger partial charge in [-0.25, -0.2) is 4.79 Å². The molecule has 1 aliphatic heterocycles. The fourth-order valence-electron chi connectivity index (χ4n) is 6.30. The van der Waals surface area contributed by atoms with Crippen LogP contribution in [0.2, 0.25) is 0 Å². The van der Waals surface area contributed by atoms with E-state index in [1.165, 1.54) is 11.0 Å². The second kappa shape index (κ2) is 11.0. The van der Waals surface area contributed by atoms with E-state index in [0.29, 0.717) is 27.9 Å². The van der Waals surface area contributed by atoms with E-state index in [1.807, 2.05) is 12.1 Å². The second-order valence-corrected chi connectivity index (χ2v) is 11.5. The number of aromatic amines is 2. The number of halogens is 3. The van der Waals surface area contributed by atoms with E-state index in [0.717, 1.165) is 17.9 Å². The highest BCUT2D eigenvalue weighted by molar-refractivity contribution is 6.15. The van der Waals surface area contributed by atoms with E-state index in [-0.39, 0.29) is 34.5 Å². The first-order valence-electron chi connectivity index (χ1n) is 14.6. The number of fused-ring (bicyclic) bond motifs is 5. The third-order valence-corrected chi connectivity index (χ3v) is 8.50. The van der Waals surface area contributed by atoms with Gasteiger partial charge in [-0.1, -0.05) is 13.0 Å². The van der Waals surface area contributed by atoms with E-state index in [4.69, 9.17) is 4.74 Å². The highest BCUT2D eigenvalue weighted by atomic mass is 19.4. The minimum atomic E-state index is -4.94. The van der Waals surface area contributed by atoms with Crippen LogP contribution in [0.4, 0.5) is 24.5 Å². The third kappa shape index (κ3) is 4.92. The number of alkyl halides is 3. The number of carbonyl (C=O) groups is 3. The first-order chi connectivity index (χ1) is 22.9. The zero-order valence-electron chi connectivity index (χ0n) is 25.6. The number of ether oxygens (including phenoxy) is 2. The summed E-state index contributed by atoms with van der Waals surface area (Å²) in [6.45, 7) is 1.79. The maximum absolute atomic E-state index is 13.9. The van der Waals surface area contributed by atoms with Crippen LogP contribution in [0.1, 0.15) is 55.4 Å². The van der Waals surface area contributed by atoms with Crippen molar-refractivity contribution < 1.29 is 42.1 Å². The van der Waals surface area contributed by atoms with Crippen LogP contribution in [-0.2, 0) is 10.9 Å². The van der Waals surface area contributed by atoms with Crippen molar-refractivity contribution in [3.63, 3.8) is 0 Å². The molecule has 48 heavy (non-hydrogen) atoms. The van der Waals surface area contributed by atoms with Crippen molar-refractivity contribution in [3.8, 4) is 11.5 Å². The van der Waals surface area contributed by atoms with Crippen LogP contribution in [0, 0.1) is 0 Å². The van der Waals surface area contributed by atoms with Crippen LogP contribution in [0.5, 0.6) is 11.5 Å². The van der Waals surface area contributed by atoms with Crippen LogP contribution in [0.25, 0.3) is 32.6 Å². The van der Waals surface area contributed by atoms with Crippen molar-refractivity contribution in [2.75, 3.05) is 31.0 Å². The van der Waals surface area contributed by atoms with Gasteiger partial charge in [-0.2, -0.15) is 13.2 Å². The van der Waals surface area contributed by atoms with Gasteiger partial charge in [0.05, 0.1) is 31.0 Å². The number of phenolic OH excluding ortho intramolecular Hbond substituents is 1. The number of hydrogen-bond acceptors (Lipinski definition) is 7. The minimum Gasteiger partial charge on any atom is -0.506 e. The van der Waals surface area contributed by atoms with Crippen molar-refractivity contribution in [3.05, 3.63) is 89.0 Å². The fourth-order valence-corrected chi connectivity index (χ4v) is 6.30. The number of benzene rings is 3. The van der Waals surface area contributed by atoms with Gasteiger partial charge in [-0.05, 0) is 53.4 Å². The summed E-state index contributed by atoms with van der Waals surface area (Å²) in [6, 6.07) is 14.9. The number of amides is 2. The molecule has 4 N–H and O–H groups in total. The zero-order valence-corrected chi connectivity index (χ0v) is 25.6. The molecule has 2 amide bonds. The van der Waals surface area contributed by atoms with E-state index in [2.05, 4.69) is 25.0 Å². The van der Waals surface area contributed by atoms with E-state index >= 15 is 0 Å². The first-order valence-corrected chi connectivity index (χ1v) is 14.6. The van der Waals surface area contributed by atoms with Crippen molar-refractivity contribution >= 4 is 61.7 Å². The summed E-state index contributed by atoms with van der Waals surface area (Å²) < 4.78 is 51.7. The highest BCUT2D eigenvalue weighted by Crippen LogP contribution is 2.49. The number of aromatic hydroxyl groups is 1. The Morgan fingerprint density at radius 3 is 2.52 bits per heavy atom. The number of carbonyl (C=O) groups excluding carboxylic acids is 3. The third-order valence-electron chi connectivity index (χ3n) is 8.50. The quantitative estimate of drug-likeness (QED) is 0.150. The lowest BCUT2D eigenvalue weighted by Crippen LogP contribution is -2.29. The maximum Gasteiger partial charge on any atom is 0.432 e. The molecule has 244 valence electrons.